The molecule has 7 heteroatoms. The highest BCUT2D eigenvalue weighted by Gasteiger charge is 2.59. The summed E-state index contributed by atoms with van der Waals surface area (Å²) in [4.78, 5) is 12.3. The second kappa shape index (κ2) is 5.42. The highest BCUT2D eigenvalue weighted by atomic mass is 35.5. The SMILES string of the molecule is COc1ccc(NC(=O)C2CC23CCS(=O)(=O)CC3)cc1Cl. The van der Waals surface area contributed by atoms with Crippen molar-refractivity contribution >= 4 is 33.0 Å². The van der Waals surface area contributed by atoms with Crippen molar-refractivity contribution < 1.29 is 17.9 Å². The number of halogens is 1. The van der Waals surface area contributed by atoms with Crippen LogP contribution in [-0.2, 0) is 14.6 Å². The highest BCUT2D eigenvalue weighted by molar-refractivity contribution is 7.91. The lowest BCUT2D eigenvalue weighted by Gasteiger charge is -2.22. The van der Waals surface area contributed by atoms with Crippen LogP contribution in [-0.4, -0.2) is 32.9 Å². The van der Waals surface area contributed by atoms with Gasteiger partial charge in [0.25, 0.3) is 0 Å². The van der Waals surface area contributed by atoms with Gasteiger partial charge in [-0.1, -0.05) is 11.6 Å². The summed E-state index contributed by atoms with van der Waals surface area (Å²) in [5.74, 6) is 0.806. The zero-order valence-corrected chi connectivity index (χ0v) is 13.8. The Hall–Kier alpha value is -1.27. The van der Waals surface area contributed by atoms with Crippen LogP contribution in [0.1, 0.15) is 19.3 Å². The molecule has 1 aliphatic carbocycles. The summed E-state index contributed by atoms with van der Waals surface area (Å²) in [6.07, 6.45) is 1.96. The quantitative estimate of drug-likeness (QED) is 0.915. The normalized spacial score (nSPS) is 24.7. The van der Waals surface area contributed by atoms with Gasteiger partial charge in [-0.15, -0.1) is 0 Å². The van der Waals surface area contributed by atoms with Crippen molar-refractivity contribution in [2.75, 3.05) is 23.9 Å². The molecule has 22 heavy (non-hydrogen) atoms. The molecule has 0 bridgehead atoms. The molecule has 5 nitrogen and oxygen atoms in total. The number of rotatable bonds is 3. The summed E-state index contributed by atoms with van der Waals surface area (Å²) < 4.78 is 28.1. The maximum atomic E-state index is 12.3. The van der Waals surface area contributed by atoms with Gasteiger partial charge in [0.1, 0.15) is 15.6 Å². The van der Waals surface area contributed by atoms with Gasteiger partial charge < -0.3 is 10.1 Å². The van der Waals surface area contributed by atoms with Gasteiger partial charge in [0.2, 0.25) is 5.91 Å². The van der Waals surface area contributed by atoms with E-state index < -0.39 is 9.84 Å². The Morgan fingerprint density at radius 1 is 1.36 bits per heavy atom. The number of ether oxygens (including phenoxy) is 1. The van der Waals surface area contributed by atoms with Crippen molar-refractivity contribution in [3.8, 4) is 5.75 Å². The van der Waals surface area contributed by atoms with Crippen molar-refractivity contribution in [2.24, 2.45) is 11.3 Å². The summed E-state index contributed by atoms with van der Waals surface area (Å²) in [5.41, 5.74) is 0.521. The predicted molar refractivity (Wildman–Crippen MR) is 85.1 cm³/mol. The minimum absolute atomic E-state index is 0.0551. The second-order valence-electron chi connectivity index (χ2n) is 6.11. The van der Waals surface area contributed by atoms with Crippen LogP contribution in [0.5, 0.6) is 5.75 Å². The number of carbonyl (C=O) groups excluding carboxylic acids is 1. The van der Waals surface area contributed by atoms with Crippen LogP contribution in [0, 0.1) is 11.3 Å². The van der Waals surface area contributed by atoms with E-state index in [1.807, 2.05) is 0 Å². The summed E-state index contributed by atoms with van der Waals surface area (Å²) >= 11 is 6.04. The van der Waals surface area contributed by atoms with E-state index in [0.717, 1.165) is 6.42 Å². The minimum atomic E-state index is -2.90. The Kier molecular flexibility index (Phi) is 3.85. The lowest BCUT2D eigenvalue weighted by Crippen LogP contribution is -2.28. The van der Waals surface area contributed by atoms with Crippen molar-refractivity contribution in [2.45, 2.75) is 19.3 Å². The first-order chi connectivity index (χ1) is 10.4. The molecule has 0 radical (unpaired) electrons. The van der Waals surface area contributed by atoms with Crippen molar-refractivity contribution in [1.29, 1.82) is 0 Å². The molecule has 2 fully saturated rings. The number of hydrogen-bond donors (Lipinski definition) is 1. The average molecular weight is 344 g/mol. The second-order valence-corrected chi connectivity index (χ2v) is 8.82. The molecule has 1 saturated heterocycles. The summed E-state index contributed by atoms with van der Waals surface area (Å²) in [7, 11) is -1.37. The number of nitrogens with one attached hydrogen (secondary N) is 1. The van der Waals surface area contributed by atoms with Gasteiger partial charge in [0.05, 0.1) is 23.6 Å². The topological polar surface area (TPSA) is 72.5 Å². The van der Waals surface area contributed by atoms with E-state index in [0.29, 0.717) is 29.3 Å². The fraction of sp³-hybridized carbons (Fsp3) is 0.533. The first-order valence-electron chi connectivity index (χ1n) is 7.20. The number of benzene rings is 1. The van der Waals surface area contributed by atoms with E-state index in [-0.39, 0.29) is 28.7 Å². The Labute approximate surface area is 134 Å². The van der Waals surface area contributed by atoms with E-state index in [1.165, 1.54) is 7.11 Å². The summed E-state index contributed by atoms with van der Waals surface area (Å²) in [6, 6.07) is 5.09. The number of anilines is 1. The third-order valence-corrected chi connectivity index (χ3v) is 6.70. The molecule has 1 atom stereocenters. The summed E-state index contributed by atoms with van der Waals surface area (Å²) in [5, 5.41) is 3.30. The van der Waals surface area contributed by atoms with Crippen LogP contribution in [0.3, 0.4) is 0 Å². The minimum Gasteiger partial charge on any atom is -0.495 e. The summed E-state index contributed by atoms with van der Waals surface area (Å²) in [6.45, 7) is 0. The van der Waals surface area contributed by atoms with Gasteiger partial charge in [0, 0.05) is 11.6 Å². The molecule has 1 amide bonds. The molecule has 0 aromatic heterocycles. The highest BCUT2D eigenvalue weighted by Crippen LogP contribution is 2.60. The van der Waals surface area contributed by atoms with Crippen molar-refractivity contribution in [1.82, 2.24) is 0 Å². The number of hydrogen-bond acceptors (Lipinski definition) is 4. The van der Waals surface area contributed by atoms with Crippen molar-refractivity contribution in [3.63, 3.8) is 0 Å². The molecule has 3 rings (SSSR count). The number of sulfone groups is 1. The number of carbonyl (C=O) groups is 1. The fourth-order valence-electron chi connectivity index (χ4n) is 3.19. The Balaban J connectivity index is 1.63. The predicted octanol–water partition coefficient (Wildman–Crippen LogP) is 2.50. The van der Waals surface area contributed by atoms with Crippen molar-refractivity contribution in [3.05, 3.63) is 23.2 Å². The number of amides is 1. The van der Waals surface area contributed by atoms with Gasteiger partial charge in [0.15, 0.2) is 0 Å². The largest absolute Gasteiger partial charge is 0.495 e. The monoisotopic (exact) mass is 343 g/mol. The van der Waals surface area contributed by atoms with Gasteiger partial charge >= 0.3 is 0 Å². The molecule has 120 valence electrons. The van der Waals surface area contributed by atoms with Gasteiger partial charge in [-0.25, -0.2) is 8.42 Å². The Bertz CT molecular complexity index is 702. The molecule has 1 unspecified atom stereocenters. The van der Waals surface area contributed by atoms with E-state index >= 15 is 0 Å². The van der Waals surface area contributed by atoms with Gasteiger partial charge in [-0.3, -0.25) is 4.79 Å². The molecule has 1 aromatic rings. The fourth-order valence-corrected chi connectivity index (χ4v) is 5.09. The molecular formula is C15H18ClNO4S. The zero-order chi connectivity index (χ0) is 16.0. The van der Waals surface area contributed by atoms with Crippen LogP contribution in [0.25, 0.3) is 0 Å². The first kappa shape index (κ1) is 15.6. The van der Waals surface area contributed by atoms with E-state index in [2.05, 4.69) is 5.32 Å². The maximum Gasteiger partial charge on any atom is 0.228 e. The van der Waals surface area contributed by atoms with Gasteiger partial charge in [-0.2, -0.15) is 0 Å². The zero-order valence-electron chi connectivity index (χ0n) is 12.3. The third kappa shape index (κ3) is 2.94. The number of methoxy groups -OCH3 is 1. The van der Waals surface area contributed by atoms with Gasteiger partial charge in [-0.05, 0) is 42.9 Å². The Morgan fingerprint density at radius 2 is 2.05 bits per heavy atom. The molecule has 1 spiro atoms. The lowest BCUT2D eigenvalue weighted by molar-refractivity contribution is -0.118. The molecule has 1 aliphatic heterocycles. The van der Waals surface area contributed by atoms with E-state index in [1.54, 1.807) is 18.2 Å². The van der Waals surface area contributed by atoms with Crippen LogP contribution in [0.4, 0.5) is 5.69 Å². The average Bonchev–Trinajstić information content (AvgIpc) is 3.18. The van der Waals surface area contributed by atoms with Crippen LogP contribution >= 0.6 is 11.6 Å². The molecule has 1 heterocycles. The van der Waals surface area contributed by atoms with E-state index in [9.17, 15) is 13.2 Å². The molecule has 1 N–H and O–H groups in total. The van der Waals surface area contributed by atoms with E-state index in [4.69, 9.17) is 16.3 Å². The molecule has 1 aromatic carbocycles. The van der Waals surface area contributed by atoms with Crippen LogP contribution < -0.4 is 10.1 Å². The smallest absolute Gasteiger partial charge is 0.228 e. The maximum absolute atomic E-state index is 12.3. The standard InChI is InChI=1S/C15H18ClNO4S/c1-21-13-3-2-10(8-12(13)16)17-14(18)11-9-15(11)4-6-22(19,20)7-5-15/h2-3,8,11H,4-7,9H2,1H3,(H,17,18). The molecule has 2 aliphatic rings. The third-order valence-electron chi connectivity index (χ3n) is 4.75. The van der Waals surface area contributed by atoms with Crippen LogP contribution in [0.2, 0.25) is 5.02 Å². The Morgan fingerprint density at radius 3 is 2.64 bits per heavy atom. The molecule has 1 saturated carbocycles. The first-order valence-corrected chi connectivity index (χ1v) is 9.40. The lowest BCUT2D eigenvalue weighted by atomic mass is 9.96. The van der Waals surface area contributed by atoms with Crippen LogP contribution in [0.15, 0.2) is 18.2 Å². The molecular weight excluding hydrogens is 326 g/mol.